The van der Waals surface area contributed by atoms with Crippen molar-refractivity contribution < 1.29 is 9.59 Å². The summed E-state index contributed by atoms with van der Waals surface area (Å²) >= 11 is 0. The SMILES string of the molecule is CC1=NC2C(C)N3C(=O)C(C)NC3C(C)N2C1=O. The number of fused-ring (bicyclic) bond motifs is 2. The van der Waals surface area contributed by atoms with Gasteiger partial charge in [0.1, 0.15) is 12.3 Å². The molecule has 0 spiro atoms. The molecule has 2 saturated heterocycles. The van der Waals surface area contributed by atoms with Crippen molar-refractivity contribution >= 4 is 17.5 Å². The second-order valence-electron chi connectivity index (χ2n) is 5.40. The van der Waals surface area contributed by atoms with Gasteiger partial charge < -0.3 is 9.80 Å². The van der Waals surface area contributed by atoms with Crippen LogP contribution in [0, 0.1) is 0 Å². The zero-order chi connectivity index (χ0) is 13.2. The monoisotopic (exact) mass is 250 g/mol. The Kier molecular flexibility index (Phi) is 2.29. The lowest BCUT2D eigenvalue weighted by Gasteiger charge is -2.47. The van der Waals surface area contributed by atoms with Gasteiger partial charge in [-0.3, -0.25) is 19.9 Å². The number of aliphatic imine (C=N–C) groups is 1. The largest absolute Gasteiger partial charge is 0.317 e. The fourth-order valence-corrected chi connectivity index (χ4v) is 3.28. The molecular weight excluding hydrogens is 232 g/mol. The van der Waals surface area contributed by atoms with Crippen molar-refractivity contribution in [3.05, 3.63) is 0 Å². The molecule has 0 saturated carbocycles. The highest BCUT2D eigenvalue weighted by Gasteiger charge is 2.54. The Bertz CT molecular complexity index is 461. The van der Waals surface area contributed by atoms with Crippen LogP contribution in [0.15, 0.2) is 4.99 Å². The zero-order valence-corrected chi connectivity index (χ0v) is 11.0. The number of hydrogen-bond donors (Lipinski definition) is 1. The first-order chi connectivity index (χ1) is 8.43. The van der Waals surface area contributed by atoms with Crippen molar-refractivity contribution in [3.63, 3.8) is 0 Å². The lowest BCUT2D eigenvalue weighted by molar-refractivity contribution is -0.146. The summed E-state index contributed by atoms with van der Waals surface area (Å²) in [5, 5.41) is 3.27. The van der Waals surface area contributed by atoms with Gasteiger partial charge in [0.2, 0.25) is 5.91 Å². The van der Waals surface area contributed by atoms with Gasteiger partial charge in [-0.25, -0.2) is 0 Å². The smallest absolute Gasteiger partial charge is 0.269 e. The van der Waals surface area contributed by atoms with Crippen LogP contribution >= 0.6 is 0 Å². The number of piperazine rings is 1. The number of nitrogens with one attached hydrogen (secondary N) is 1. The molecule has 0 aromatic heterocycles. The third-order valence-corrected chi connectivity index (χ3v) is 4.27. The molecule has 3 aliphatic heterocycles. The van der Waals surface area contributed by atoms with Crippen LogP contribution < -0.4 is 5.32 Å². The first-order valence-electron chi connectivity index (χ1n) is 6.38. The molecule has 0 bridgehead atoms. The van der Waals surface area contributed by atoms with Crippen molar-refractivity contribution in [2.75, 3.05) is 0 Å². The van der Waals surface area contributed by atoms with E-state index in [4.69, 9.17) is 0 Å². The van der Waals surface area contributed by atoms with Crippen LogP contribution in [-0.4, -0.2) is 57.8 Å². The molecule has 2 fully saturated rings. The summed E-state index contributed by atoms with van der Waals surface area (Å²) in [5.41, 5.74) is 0.542. The van der Waals surface area contributed by atoms with Crippen molar-refractivity contribution in [3.8, 4) is 0 Å². The zero-order valence-electron chi connectivity index (χ0n) is 11.0. The van der Waals surface area contributed by atoms with Gasteiger partial charge in [-0.15, -0.1) is 0 Å². The molecule has 0 aromatic carbocycles. The Morgan fingerprint density at radius 2 is 1.78 bits per heavy atom. The van der Waals surface area contributed by atoms with E-state index >= 15 is 0 Å². The maximum absolute atomic E-state index is 12.2. The Labute approximate surface area is 106 Å². The molecule has 0 radical (unpaired) electrons. The van der Waals surface area contributed by atoms with E-state index in [2.05, 4.69) is 10.3 Å². The van der Waals surface area contributed by atoms with Crippen LogP contribution in [0.25, 0.3) is 0 Å². The maximum Gasteiger partial charge on any atom is 0.269 e. The molecule has 98 valence electrons. The lowest BCUT2D eigenvalue weighted by Crippen LogP contribution is -2.67. The maximum atomic E-state index is 12.2. The second-order valence-corrected chi connectivity index (χ2v) is 5.40. The van der Waals surface area contributed by atoms with Gasteiger partial charge >= 0.3 is 0 Å². The van der Waals surface area contributed by atoms with Gasteiger partial charge in [0.05, 0.1) is 23.8 Å². The molecular formula is C12H18N4O2. The Balaban J connectivity index is 2.01. The van der Waals surface area contributed by atoms with Gasteiger partial charge in [0.15, 0.2) is 0 Å². The second kappa shape index (κ2) is 3.54. The van der Waals surface area contributed by atoms with Gasteiger partial charge in [-0.05, 0) is 27.7 Å². The first kappa shape index (κ1) is 11.6. The normalized spacial score (nSPS) is 43.1. The van der Waals surface area contributed by atoms with E-state index in [9.17, 15) is 9.59 Å². The number of nitrogens with zero attached hydrogens (tertiary/aromatic N) is 3. The topological polar surface area (TPSA) is 65.0 Å². The molecule has 5 atom stereocenters. The number of carbonyl (C=O) groups is 2. The van der Waals surface area contributed by atoms with E-state index in [0.717, 1.165) is 0 Å². The molecule has 5 unspecified atom stereocenters. The number of rotatable bonds is 0. The number of carbonyl (C=O) groups excluding carboxylic acids is 2. The van der Waals surface area contributed by atoms with E-state index in [1.165, 1.54) is 0 Å². The van der Waals surface area contributed by atoms with E-state index in [0.29, 0.717) is 5.71 Å². The van der Waals surface area contributed by atoms with Crippen LogP contribution in [0.1, 0.15) is 27.7 Å². The Hall–Kier alpha value is -1.43. The highest BCUT2D eigenvalue weighted by Crippen LogP contribution is 2.33. The molecule has 0 aromatic rings. The predicted molar refractivity (Wildman–Crippen MR) is 65.9 cm³/mol. The van der Waals surface area contributed by atoms with Crippen molar-refractivity contribution in [1.82, 2.24) is 15.1 Å². The third kappa shape index (κ3) is 1.24. The van der Waals surface area contributed by atoms with Crippen LogP contribution in [-0.2, 0) is 9.59 Å². The molecule has 6 heteroatoms. The van der Waals surface area contributed by atoms with E-state index in [1.54, 1.807) is 11.8 Å². The highest BCUT2D eigenvalue weighted by molar-refractivity contribution is 6.39. The minimum Gasteiger partial charge on any atom is -0.317 e. The Morgan fingerprint density at radius 3 is 2.44 bits per heavy atom. The molecule has 6 nitrogen and oxygen atoms in total. The van der Waals surface area contributed by atoms with Gasteiger partial charge in [-0.1, -0.05) is 0 Å². The summed E-state index contributed by atoms with van der Waals surface area (Å²) in [6, 6.07) is -0.300. The van der Waals surface area contributed by atoms with Crippen molar-refractivity contribution in [2.45, 2.75) is 58.2 Å². The predicted octanol–water partition coefficient (Wildman–Crippen LogP) is -0.447. The van der Waals surface area contributed by atoms with Gasteiger partial charge in [0.25, 0.3) is 5.91 Å². The van der Waals surface area contributed by atoms with Crippen molar-refractivity contribution in [2.24, 2.45) is 4.99 Å². The first-order valence-corrected chi connectivity index (χ1v) is 6.38. The number of amides is 2. The van der Waals surface area contributed by atoms with E-state index in [-0.39, 0.29) is 42.3 Å². The molecule has 2 amide bonds. The molecule has 3 rings (SSSR count). The molecule has 0 aliphatic carbocycles. The minimum absolute atomic E-state index is 0.00666. The summed E-state index contributed by atoms with van der Waals surface area (Å²) in [7, 11) is 0. The van der Waals surface area contributed by atoms with Crippen molar-refractivity contribution in [1.29, 1.82) is 0 Å². The fraction of sp³-hybridized carbons (Fsp3) is 0.750. The Morgan fingerprint density at radius 1 is 1.11 bits per heavy atom. The van der Waals surface area contributed by atoms with Crippen LogP contribution in [0.2, 0.25) is 0 Å². The molecule has 3 heterocycles. The third-order valence-electron chi connectivity index (χ3n) is 4.27. The summed E-state index contributed by atoms with van der Waals surface area (Å²) < 4.78 is 0. The molecule has 3 aliphatic rings. The van der Waals surface area contributed by atoms with Gasteiger partial charge in [-0.2, -0.15) is 0 Å². The molecule has 1 N–H and O–H groups in total. The lowest BCUT2D eigenvalue weighted by atomic mass is 10.0. The summed E-state index contributed by atoms with van der Waals surface area (Å²) in [4.78, 5) is 32.3. The van der Waals surface area contributed by atoms with Crippen LogP contribution in [0.5, 0.6) is 0 Å². The van der Waals surface area contributed by atoms with Gasteiger partial charge in [0, 0.05) is 0 Å². The standard InChI is InChI=1S/C12H18N4O2/c1-5-11(17)15-8(4)10-14-6(2)12(18)16(10)7(3)9(15)13-5/h5,7-10,13H,1-4H3. The molecule has 18 heavy (non-hydrogen) atoms. The quantitative estimate of drug-likeness (QED) is 0.633. The average molecular weight is 250 g/mol. The van der Waals surface area contributed by atoms with Crippen LogP contribution in [0.4, 0.5) is 0 Å². The average Bonchev–Trinajstić information content (AvgIpc) is 2.78. The number of hydrogen-bond acceptors (Lipinski definition) is 4. The fourth-order valence-electron chi connectivity index (χ4n) is 3.28. The van der Waals surface area contributed by atoms with E-state index < -0.39 is 0 Å². The summed E-state index contributed by atoms with van der Waals surface area (Å²) in [6.45, 7) is 7.54. The van der Waals surface area contributed by atoms with E-state index in [1.807, 2.05) is 25.7 Å². The highest BCUT2D eigenvalue weighted by atomic mass is 16.2. The summed E-state index contributed by atoms with van der Waals surface area (Å²) in [5.74, 6) is 0.0963. The van der Waals surface area contributed by atoms with Crippen LogP contribution in [0.3, 0.4) is 0 Å². The minimum atomic E-state index is -0.222. The summed E-state index contributed by atoms with van der Waals surface area (Å²) in [6.07, 6.45) is -0.316.